The molecule has 2 atom stereocenters. The lowest BCUT2D eigenvalue weighted by Gasteiger charge is -2.28. The van der Waals surface area contributed by atoms with Gasteiger partial charge in [0.05, 0.1) is 28.8 Å². The highest BCUT2D eigenvalue weighted by Crippen LogP contribution is 2.35. The Labute approximate surface area is 172 Å². The monoisotopic (exact) mass is 395 g/mol. The summed E-state index contributed by atoms with van der Waals surface area (Å²) in [5.74, 6) is -1.05. The molecule has 30 heavy (non-hydrogen) atoms. The fraction of sp³-hybridized carbons (Fsp3) is 0.120. The summed E-state index contributed by atoms with van der Waals surface area (Å²) in [6, 6.07) is 14.0. The van der Waals surface area contributed by atoms with Gasteiger partial charge in [0.1, 0.15) is 5.58 Å². The number of allylic oxidation sites excluding steroid dienone is 4. The van der Waals surface area contributed by atoms with E-state index >= 15 is 0 Å². The molecule has 0 fully saturated rings. The molecule has 2 aliphatic carbocycles. The van der Waals surface area contributed by atoms with Crippen molar-refractivity contribution in [2.45, 2.75) is 6.92 Å². The zero-order chi connectivity index (χ0) is 20.8. The first kappa shape index (κ1) is 18.2. The molecular formula is C25H17NO4. The van der Waals surface area contributed by atoms with E-state index in [1.165, 1.54) is 0 Å². The topological polar surface area (TPSA) is 76.7 Å². The highest BCUT2D eigenvalue weighted by Gasteiger charge is 2.39. The summed E-state index contributed by atoms with van der Waals surface area (Å²) >= 11 is 0. The Bertz CT molecular complexity index is 1370. The van der Waals surface area contributed by atoms with Crippen LogP contribution in [0, 0.1) is 11.8 Å². The smallest absolute Gasteiger partial charge is 0.345 e. The lowest BCUT2D eigenvalue weighted by atomic mass is 9.72. The molecule has 0 radical (unpaired) electrons. The minimum Gasteiger partial charge on any atom is -0.422 e. The lowest BCUT2D eigenvalue weighted by molar-refractivity contribution is 0.0801. The van der Waals surface area contributed by atoms with Gasteiger partial charge in [-0.15, -0.1) is 0 Å². The molecule has 146 valence electrons. The molecular weight excluding hydrogens is 378 g/mol. The average Bonchev–Trinajstić information content (AvgIpc) is 2.77. The van der Waals surface area contributed by atoms with Crippen LogP contribution in [-0.4, -0.2) is 17.3 Å². The van der Waals surface area contributed by atoms with Crippen LogP contribution in [-0.2, 0) is 0 Å². The largest absolute Gasteiger partial charge is 0.422 e. The molecule has 2 aliphatic rings. The van der Waals surface area contributed by atoms with E-state index in [1.807, 2.05) is 12.1 Å². The molecule has 1 heterocycles. The highest BCUT2D eigenvalue weighted by molar-refractivity contribution is 6.18. The van der Waals surface area contributed by atoms with Gasteiger partial charge in [-0.25, -0.2) is 4.79 Å². The quantitative estimate of drug-likeness (QED) is 0.467. The van der Waals surface area contributed by atoms with E-state index in [0.717, 1.165) is 5.39 Å². The van der Waals surface area contributed by atoms with E-state index in [0.29, 0.717) is 33.7 Å². The third-order valence-corrected chi connectivity index (χ3v) is 5.60. The SMILES string of the molecule is CC(=Nc1ccc2c(c1)C(=O)[C@H]1C=CC=C[C@@H]1C2=O)c1cc2ccccc2oc1=O. The average molecular weight is 395 g/mol. The number of hydrogen-bond donors (Lipinski definition) is 0. The van der Waals surface area contributed by atoms with Crippen molar-refractivity contribution < 1.29 is 14.0 Å². The van der Waals surface area contributed by atoms with Crippen molar-refractivity contribution in [3.05, 3.63) is 99.9 Å². The van der Waals surface area contributed by atoms with Gasteiger partial charge in [0.15, 0.2) is 11.6 Å². The summed E-state index contributed by atoms with van der Waals surface area (Å²) in [5.41, 5.74) is 2.18. The minimum absolute atomic E-state index is 0.0578. The Kier molecular flexibility index (Phi) is 4.17. The maximum Gasteiger partial charge on any atom is 0.345 e. The summed E-state index contributed by atoms with van der Waals surface area (Å²) in [4.78, 5) is 42.7. The van der Waals surface area contributed by atoms with Crippen molar-refractivity contribution in [3.8, 4) is 0 Å². The van der Waals surface area contributed by atoms with Gasteiger partial charge in [-0.3, -0.25) is 14.6 Å². The predicted octanol–water partition coefficient (Wildman–Crippen LogP) is 4.67. The van der Waals surface area contributed by atoms with Crippen molar-refractivity contribution in [1.82, 2.24) is 0 Å². The van der Waals surface area contributed by atoms with Crippen molar-refractivity contribution in [2.75, 3.05) is 0 Å². The second kappa shape index (κ2) is 6.88. The van der Waals surface area contributed by atoms with E-state index < -0.39 is 17.5 Å². The maximum absolute atomic E-state index is 13.0. The van der Waals surface area contributed by atoms with Crippen molar-refractivity contribution in [3.63, 3.8) is 0 Å². The van der Waals surface area contributed by atoms with Crippen LogP contribution in [0.5, 0.6) is 0 Å². The zero-order valence-electron chi connectivity index (χ0n) is 16.2. The van der Waals surface area contributed by atoms with Crippen LogP contribution in [0.4, 0.5) is 5.69 Å². The Morgan fingerprint density at radius 3 is 2.33 bits per heavy atom. The standard InChI is InChI=1S/C25H17NO4/c1-14(20-12-15-6-2-5-9-22(15)30-25(20)29)26-16-10-11-19-21(13-16)24(28)18-8-4-3-7-17(18)23(19)27/h2-13,17-18H,1H3/t17-,18-/m0/s1. The number of nitrogens with zero attached hydrogens (tertiary/aromatic N) is 1. The Balaban J connectivity index is 1.57. The summed E-state index contributed by atoms with van der Waals surface area (Å²) in [5, 5.41) is 0.802. The molecule has 5 rings (SSSR count). The van der Waals surface area contributed by atoms with Crippen molar-refractivity contribution >= 4 is 33.9 Å². The molecule has 0 bridgehead atoms. The summed E-state index contributed by atoms with van der Waals surface area (Å²) in [6.07, 6.45) is 7.15. The van der Waals surface area contributed by atoms with Gasteiger partial charge in [-0.2, -0.15) is 0 Å². The van der Waals surface area contributed by atoms with Crippen LogP contribution in [0.2, 0.25) is 0 Å². The number of carbonyl (C=O) groups is 2. The molecule has 3 aromatic rings. The zero-order valence-corrected chi connectivity index (χ0v) is 16.2. The van der Waals surface area contributed by atoms with E-state index in [4.69, 9.17) is 4.42 Å². The Morgan fingerprint density at radius 2 is 1.57 bits per heavy atom. The number of Topliss-reactive ketones (excluding diaryl/α,β-unsaturated/α-hetero) is 2. The van der Waals surface area contributed by atoms with E-state index in [9.17, 15) is 14.4 Å². The first-order valence-electron chi connectivity index (χ1n) is 9.69. The number of carbonyl (C=O) groups excluding carboxylic acids is 2. The van der Waals surface area contributed by atoms with Crippen LogP contribution in [0.1, 0.15) is 33.2 Å². The third kappa shape index (κ3) is 2.87. The Morgan fingerprint density at radius 1 is 0.867 bits per heavy atom. The van der Waals surface area contributed by atoms with E-state index in [2.05, 4.69) is 4.99 Å². The van der Waals surface area contributed by atoms with Gasteiger partial charge in [0.2, 0.25) is 0 Å². The number of ketones is 2. The number of hydrogen-bond acceptors (Lipinski definition) is 5. The predicted molar refractivity (Wildman–Crippen MR) is 115 cm³/mol. The minimum atomic E-state index is -0.471. The van der Waals surface area contributed by atoms with Gasteiger partial charge >= 0.3 is 5.63 Å². The van der Waals surface area contributed by atoms with Crippen molar-refractivity contribution in [2.24, 2.45) is 16.8 Å². The summed E-state index contributed by atoms with van der Waals surface area (Å²) < 4.78 is 5.38. The molecule has 0 spiro atoms. The summed E-state index contributed by atoms with van der Waals surface area (Å²) in [7, 11) is 0. The van der Waals surface area contributed by atoms with Gasteiger partial charge in [-0.05, 0) is 37.3 Å². The van der Waals surface area contributed by atoms with E-state index in [1.54, 1.807) is 67.6 Å². The number of para-hydroxylation sites is 1. The summed E-state index contributed by atoms with van der Waals surface area (Å²) in [6.45, 7) is 1.72. The van der Waals surface area contributed by atoms with Gasteiger partial charge in [0.25, 0.3) is 0 Å². The third-order valence-electron chi connectivity index (χ3n) is 5.60. The number of benzene rings is 2. The van der Waals surface area contributed by atoms with Gasteiger partial charge in [-0.1, -0.05) is 42.5 Å². The lowest BCUT2D eigenvalue weighted by Crippen LogP contribution is -2.35. The second-order valence-corrected chi connectivity index (χ2v) is 7.46. The van der Waals surface area contributed by atoms with Crippen LogP contribution in [0.25, 0.3) is 11.0 Å². The normalized spacial score (nSPS) is 20.4. The number of aliphatic imine (C=N–C) groups is 1. The first-order chi connectivity index (χ1) is 14.5. The highest BCUT2D eigenvalue weighted by atomic mass is 16.4. The molecule has 0 saturated heterocycles. The van der Waals surface area contributed by atoms with Crippen LogP contribution in [0.15, 0.2) is 87.0 Å². The first-order valence-corrected chi connectivity index (χ1v) is 9.69. The number of fused-ring (bicyclic) bond motifs is 3. The van der Waals surface area contributed by atoms with Crippen LogP contribution in [0.3, 0.4) is 0 Å². The fourth-order valence-electron chi connectivity index (χ4n) is 4.06. The molecule has 5 heteroatoms. The van der Waals surface area contributed by atoms with Crippen LogP contribution >= 0.6 is 0 Å². The molecule has 2 aromatic carbocycles. The molecule has 0 N–H and O–H groups in total. The molecule has 0 aliphatic heterocycles. The Hall–Kier alpha value is -3.86. The van der Waals surface area contributed by atoms with Crippen LogP contribution < -0.4 is 5.63 Å². The molecule has 1 aromatic heterocycles. The van der Waals surface area contributed by atoms with Crippen molar-refractivity contribution in [1.29, 1.82) is 0 Å². The van der Waals surface area contributed by atoms with E-state index in [-0.39, 0.29) is 11.6 Å². The maximum atomic E-state index is 13.0. The molecule has 0 amide bonds. The van der Waals surface area contributed by atoms with Gasteiger partial charge in [0, 0.05) is 16.5 Å². The number of rotatable bonds is 2. The molecule has 0 unspecified atom stereocenters. The second-order valence-electron chi connectivity index (χ2n) is 7.46. The van der Waals surface area contributed by atoms with Gasteiger partial charge < -0.3 is 4.42 Å². The molecule has 5 nitrogen and oxygen atoms in total. The fourth-order valence-corrected chi connectivity index (χ4v) is 4.06. The molecule has 0 saturated carbocycles.